The van der Waals surface area contributed by atoms with Crippen molar-refractivity contribution in [2.24, 2.45) is 0 Å². The van der Waals surface area contributed by atoms with Crippen molar-refractivity contribution in [1.29, 1.82) is 0 Å². The lowest BCUT2D eigenvalue weighted by atomic mass is 10.0. The molecule has 3 nitrogen and oxygen atoms in total. The van der Waals surface area contributed by atoms with Crippen molar-refractivity contribution in [1.82, 2.24) is 10.6 Å². The van der Waals surface area contributed by atoms with Crippen LogP contribution in [-0.4, -0.2) is 31.5 Å². The minimum atomic E-state index is 0.0526. The Hall–Kier alpha value is -0.410. The maximum atomic E-state index is 11.4. The fourth-order valence-electron chi connectivity index (χ4n) is 1.52. The highest BCUT2D eigenvalue weighted by Gasteiger charge is 2.14. The number of carbonyl (C=O) groups is 1. The van der Waals surface area contributed by atoms with E-state index in [-0.39, 0.29) is 11.8 Å². The molecular weight excluding hydrogens is 188 g/mol. The van der Waals surface area contributed by atoms with Crippen LogP contribution < -0.4 is 10.6 Å². The third kappa shape index (κ3) is 7.51. The molecule has 0 aromatic rings. The van der Waals surface area contributed by atoms with E-state index in [1.165, 1.54) is 0 Å². The summed E-state index contributed by atoms with van der Waals surface area (Å²) in [5.41, 5.74) is 0. The number of hydrogen-bond acceptors (Lipinski definition) is 3. The largest absolute Gasteiger partial charge is 0.320 e. The third-order valence-electron chi connectivity index (χ3n) is 2.76. The fourth-order valence-corrected chi connectivity index (χ4v) is 1.52. The molecule has 0 amide bonds. The summed E-state index contributed by atoms with van der Waals surface area (Å²) in [5.74, 6) is 0.264. The van der Waals surface area contributed by atoms with Crippen molar-refractivity contribution in [2.75, 3.05) is 13.6 Å². The number of unbranched alkanes of at least 4 members (excludes halogenated alkanes) is 1. The van der Waals surface area contributed by atoms with Gasteiger partial charge in [-0.25, -0.2) is 0 Å². The van der Waals surface area contributed by atoms with Crippen LogP contribution >= 0.6 is 0 Å². The summed E-state index contributed by atoms with van der Waals surface area (Å²) in [6.07, 6.45) is 4.28. The Labute approximate surface area is 94.0 Å². The molecule has 0 aromatic carbocycles. The molecule has 0 saturated heterocycles. The average Bonchev–Trinajstić information content (AvgIpc) is 2.21. The first-order valence-corrected chi connectivity index (χ1v) is 6.02. The summed E-state index contributed by atoms with van der Waals surface area (Å²) in [5, 5.41) is 6.49. The standard InChI is InChI=1S/C12H26N2O/c1-5-10(2)14-12(11(3)15)8-6-7-9-13-4/h10,12-14H,5-9H2,1-4H3. The zero-order valence-electron chi connectivity index (χ0n) is 10.6. The zero-order chi connectivity index (χ0) is 11.7. The molecule has 2 N–H and O–H groups in total. The Bertz CT molecular complexity index is 171. The van der Waals surface area contributed by atoms with Crippen LogP contribution in [0.4, 0.5) is 0 Å². The van der Waals surface area contributed by atoms with E-state index in [2.05, 4.69) is 24.5 Å². The van der Waals surface area contributed by atoms with Gasteiger partial charge in [0.05, 0.1) is 6.04 Å². The van der Waals surface area contributed by atoms with Gasteiger partial charge < -0.3 is 10.6 Å². The number of nitrogens with one attached hydrogen (secondary N) is 2. The van der Waals surface area contributed by atoms with E-state index in [0.717, 1.165) is 32.2 Å². The van der Waals surface area contributed by atoms with Crippen LogP contribution in [0.1, 0.15) is 46.5 Å². The molecule has 2 atom stereocenters. The number of Topliss-reactive ketones (excluding diaryl/α,β-unsaturated/α-hetero) is 1. The summed E-state index contributed by atoms with van der Waals surface area (Å²) >= 11 is 0. The molecule has 0 heterocycles. The van der Waals surface area contributed by atoms with Crippen LogP contribution in [0.15, 0.2) is 0 Å². The van der Waals surface area contributed by atoms with Crippen molar-refractivity contribution in [2.45, 2.75) is 58.5 Å². The van der Waals surface area contributed by atoms with Crippen LogP contribution in [0.5, 0.6) is 0 Å². The van der Waals surface area contributed by atoms with E-state index < -0.39 is 0 Å². The second-order valence-electron chi connectivity index (χ2n) is 4.24. The molecule has 2 unspecified atom stereocenters. The fraction of sp³-hybridized carbons (Fsp3) is 0.917. The highest BCUT2D eigenvalue weighted by molar-refractivity contribution is 5.81. The second-order valence-corrected chi connectivity index (χ2v) is 4.24. The normalized spacial score (nSPS) is 14.9. The summed E-state index contributed by atoms with van der Waals surface area (Å²) in [4.78, 5) is 11.4. The summed E-state index contributed by atoms with van der Waals surface area (Å²) in [7, 11) is 1.96. The molecule has 3 heteroatoms. The first kappa shape index (κ1) is 14.6. The Morgan fingerprint density at radius 2 is 2.00 bits per heavy atom. The number of hydrogen-bond donors (Lipinski definition) is 2. The van der Waals surface area contributed by atoms with Gasteiger partial charge in [-0.1, -0.05) is 13.3 Å². The van der Waals surface area contributed by atoms with Crippen molar-refractivity contribution >= 4 is 5.78 Å². The predicted octanol–water partition coefficient (Wildman–Crippen LogP) is 1.72. The lowest BCUT2D eigenvalue weighted by Crippen LogP contribution is -2.40. The Balaban J connectivity index is 3.78. The quantitative estimate of drug-likeness (QED) is 0.574. The highest BCUT2D eigenvalue weighted by Crippen LogP contribution is 2.04. The van der Waals surface area contributed by atoms with E-state index in [9.17, 15) is 4.79 Å². The van der Waals surface area contributed by atoms with Gasteiger partial charge in [0, 0.05) is 6.04 Å². The maximum Gasteiger partial charge on any atom is 0.146 e. The van der Waals surface area contributed by atoms with Gasteiger partial charge >= 0.3 is 0 Å². The van der Waals surface area contributed by atoms with Gasteiger partial charge in [-0.15, -0.1) is 0 Å². The molecule has 0 rings (SSSR count). The first-order valence-electron chi connectivity index (χ1n) is 6.02. The average molecular weight is 214 g/mol. The summed E-state index contributed by atoms with van der Waals surface area (Å²) < 4.78 is 0. The summed E-state index contributed by atoms with van der Waals surface area (Å²) in [6.45, 7) is 6.98. The molecule has 0 aliphatic heterocycles. The minimum Gasteiger partial charge on any atom is -0.320 e. The Morgan fingerprint density at radius 3 is 2.47 bits per heavy atom. The third-order valence-corrected chi connectivity index (χ3v) is 2.76. The molecule has 0 aliphatic carbocycles. The molecule has 0 aliphatic rings. The minimum absolute atomic E-state index is 0.0526. The van der Waals surface area contributed by atoms with Crippen molar-refractivity contribution in [3.8, 4) is 0 Å². The molecule has 90 valence electrons. The Kier molecular flexibility index (Phi) is 8.62. The molecule has 0 aromatic heterocycles. The number of carbonyl (C=O) groups excluding carboxylic acids is 1. The van der Waals surface area contributed by atoms with Gasteiger partial charge in [0.1, 0.15) is 5.78 Å². The molecule has 0 bridgehead atoms. The Morgan fingerprint density at radius 1 is 1.33 bits per heavy atom. The van der Waals surface area contributed by atoms with Gasteiger partial charge in [-0.2, -0.15) is 0 Å². The van der Waals surface area contributed by atoms with E-state index in [1.54, 1.807) is 6.92 Å². The topological polar surface area (TPSA) is 41.1 Å². The SMILES string of the molecule is CCC(C)NC(CCCCNC)C(C)=O. The van der Waals surface area contributed by atoms with E-state index in [0.29, 0.717) is 6.04 Å². The van der Waals surface area contributed by atoms with Gasteiger partial charge in [-0.05, 0) is 46.7 Å². The van der Waals surface area contributed by atoms with Gasteiger partial charge in [0.25, 0.3) is 0 Å². The van der Waals surface area contributed by atoms with Gasteiger partial charge in [-0.3, -0.25) is 4.79 Å². The maximum absolute atomic E-state index is 11.4. The van der Waals surface area contributed by atoms with Crippen molar-refractivity contribution in [3.63, 3.8) is 0 Å². The number of rotatable bonds is 9. The van der Waals surface area contributed by atoms with Crippen molar-refractivity contribution in [3.05, 3.63) is 0 Å². The van der Waals surface area contributed by atoms with Crippen LogP contribution in [0.2, 0.25) is 0 Å². The zero-order valence-corrected chi connectivity index (χ0v) is 10.6. The molecular formula is C12H26N2O. The van der Waals surface area contributed by atoms with Gasteiger partial charge in [0.15, 0.2) is 0 Å². The van der Waals surface area contributed by atoms with Crippen molar-refractivity contribution < 1.29 is 4.79 Å². The van der Waals surface area contributed by atoms with E-state index in [1.807, 2.05) is 7.05 Å². The second kappa shape index (κ2) is 8.86. The van der Waals surface area contributed by atoms with Crippen LogP contribution in [0, 0.1) is 0 Å². The first-order chi connectivity index (χ1) is 7.11. The van der Waals surface area contributed by atoms with Crippen LogP contribution in [0.25, 0.3) is 0 Å². The molecule has 0 saturated carbocycles. The smallest absolute Gasteiger partial charge is 0.146 e. The lowest BCUT2D eigenvalue weighted by Gasteiger charge is -2.20. The van der Waals surface area contributed by atoms with E-state index in [4.69, 9.17) is 0 Å². The van der Waals surface area contributed by atoms with Gasteiger partial charge in [0.2, 0.25) is 0 Å². The monoisotopic (exact) mass is 214 g/mol. The highest BCUT2D eigenvalue weighted by atomic mass is 16.1. The summed E-state index contributed by atoms with van der Waals surface area (Å²) in [6, 6.07) is 0.486. The molecule has 0 spiro atoms. The van der Waals surface area contributed by atoms with Crippen LogP contribution in [-0.2, 0) is 4.79 Å². The predicted molar refractivity (Wildman–Crippen MR) is 65.1 cm³/mol. The van der Waals surface area contributed by atoms with E-state index >= 15 is 0 Å². The number of ketones is 1. The lowest BCUT2D eigenvalue weighted by molar-refractivity contribution is -0.119. The molecule has 0 radical (unpaired) electrons. The van der Waals surface area contributed by atoms with Crippen LogP contribution in [0.3, 0.4) is 0 Å². The molecule has 15 heavy (non-hydrogen) atoms. The molecule has 0 fully saturated rings.